The van der Waals surface area contributed by atoms with Crippen LogP contribution in [0.4, 0.5) is 5.00 Å². The van der Waals surface area contributed by atoms with E-state index in [1.807, 2.05) is 6.92 Å². The molecule has 6 heteroatoms. The van der Waals surface area contributed by atoms with E-state index in [-0.39, 0.29) is 5.97 Å². The number of anilines is 1. The number of likely N-dealkylation sites (tertiary alicyclic amines) is 1. The number of nitrogens with zero attached hydrogens (tertiary/aromatic N) is 1. The third kappa shape index (κ3) is 4.17. The second-order valence-electron chi connectivity index (χ2n) is 6.96. The first-order valence-electron chi connectivity index (χ1n) is 9.51. The molecule has 1 aliphatic carbocycles. The zero-order valence-electron chi connectivity index (χ0n) is 15.2. The van der Waals surface area contributed by atoms with Crippen molar-refractivity contribution in [2.75, 3.05) is 18.5 Å². The van der Waals surface area contributed by atoms with Crippen molar-refractivity contribution in [3.63, 3.8) is 0 Å². The van der Waals surface area contributed by atoms with Crippen LogP contribution in [0.5, 0.6) is 0 Å². The van der Waals surface area contributed by atoms with E-state index in [0.717, 1.165) is 41.5 Å². The van der Waals surface area contributed by atoms with Crippen molar-refractivity contribution in [3.8, 4) is 0 Å². The molecule has 0 aromatic carbocycles. The Labute approximate surface area is 159 Å². The Morgan fingerprint density at radius 2 is 2.08 bits per heavy atom. The van der Waals surface area contributed by atoms with Gasteiger partial charge in [0.2, 0.25) is 0 Å². The van der Waals surface area contributed by atoms with Gasteiger partial charge in [-0.05, 0) is 76.6 Å². The Morgan fingerprint density at radius 1 is 1.28 bits per heavy atom. The number of piperidine rings is 1. The van der Waals surface area contributed by atoms with Crippen LogP contribution in [-0.2, 0) is 17.6 Å². The molecule has 1 atom stereocenters. The standard InChI is InChI=1S/C19H28N2O2S2/c1-3-23-18(22)16-14-10-5-4-6-11-15(14)25-17(16)20-19(24)21-12-8-7-9-13(21)2/h13H,3-12H2,1-2H3,(H,20,24)/t13-/m1/s1. The highest BCUT2D eigenvalue weighted by molar-refractivity contribution is 7.80. The molecule has 138 valence electrons. The summed E-state index contributed by atoms with van der Waals surface area (Å²) in [5.74, 6) is -0.209. The minimum atomic E-state index is -0.209. The van der Waals surface area contributed by atoms with Gasteiger partial charge in [-0.15, -0.1) is 11.3 Å². The van der Waals surface area contributed by atoms with Gasteiger partial charge in [-0.25, -0.2) is 4.79 Å². The maximum absolute atomic E-state index is 12.6. The van der Waals surface area contributed by atoms with Gasteiger partial charge in [-0.3, -0.25) is 0 Å². The van der Waals surface area contributed by atoms with Crippen LogP contribution < -0.4 is 5.32 Å². The topological polar surface area (TPSA) is 41.6 Å². The van der Waals surface area contributed by atoms with Crippen molar-refractivity contribution in [2.45, 2.75) is 71.3 Å². The first-order chi connectivity index (χ1) is 12.1. The van der Waals surface area contributed by atoms with Gasteiger partial charge in [0.25, 0.3) is 0 Å². The molecule has 1 aliphatic heterocycles. The fourth-order valence-corrected chi connectivity index (χ4v) is 5.53. The summed E-state index contributed by atoms with van der Waals surface area (Å²) in [4.78, 5) is 16.2. The normalized spacial score (nSPS) is 20.6. The number of carbonyl (C=O) groups excluding carboxylic acids is 1. The van der Waals surface area contributed by atoms with Crippen molar-refractivity contribution >= 4 is 39.6 Å². The number of hydrogen-bond donors (Lipinski definition) is 1. The summed E-state index contributed by atoms with van der Waals surface area (Å²) in [6, 6.07) is 0.456. The molecule has 2 heterocycles. The van der Waals surface area contributed by atoms with Crippen LogP contribution in [0.3, 0.4) is 0 Å². The maximum Gasteiger partial charge on any atom is 0.341 e. The van der Waals surface area contributed by atoms with Crippen LogP contribution in [0.15, 0.2) is 0 Å². The third-order valence-electron chi connectivity index (χ3n) is 5.19. The van der Waals surface area contributed by atoms with Crippen LogP contribution in [0.1, 0.15) is 73.2 Å². The van der Waals surface area contributed by atoms with Gasteiger partial charge in [0, 0.05) is 17.5 Å². The second kappa shape index (κ2) is 8.49. The van der Waals surface area contributed by atoms with Gasteiger partial charge in [-0.2, -0.15) is 0 Å². The zero-order chi connectivity index (χ0) is 17.8. The Hall–Kier alpha value is -1.14. The van der Waals surface area contributed by atoms with E-state index in [4.69, 9.17) is 17.0 Å². The predicted octanol–water partition coefficient (Wildman–Crippen LogP) is 4.76. The number of thiophene rings is 1. The molecule has 1 aromatic heterocycles. The molecule has 1 fully saturated rings. The number of rotatable bonds is 3. The fourth-order valence-electron chi connectivity index (χ4n) is 3.82. The Kier molecular flexibility index (Phi) is 6.34. The smallest absolute Gasteiger partial charge is 0.341 e. The number of fused-ring (bicyclic) bond motifs is 1. The highest BCUT2D eigenvalue weighted by Gasteiger charge is 2.28. The summed E-state index contributed by atoms with van der Waals surface area (Å²) in [6.07, 6.45) is 9.21. The molecule has 3 rings (SSSR count). The van der Waals surface area contributed by atoms with E-state index in [0.29, 0.717) is 12.6 Å². The summed E-state index contributed by atoms with van der Waals surface area (Å²) < 4.78 is 5.35. The van der Waals surface area contributed by atoms with Crippen molar-refractivity contribution in [3.05, 3.63) is 16.0 Å². The number of aryl methyl sites for hydroxylation is 1. The molecule has 4 nitrogen and oxygen atoms in total. The van der Waals surface area contributed by atoms with Crippen LogP contribution in [-0.4, -0.2) is 35.2 Å². The first-order valence-corrected chi connectivity index (χ1v) is 10.7. The number of nitrogens with one attached hydrogen (secondary N) is 1. The minimum absolute atomic E-state index is 0.209. The Bertz CT molecular complexity index is 642. The van der Waals surface area contributed by atoms with Crippen molar-refractivity contribution in [1.82, 2.24) is 4.90 Å². The van der Waals surface area contributed by atoms with Crippen LogP contribution in [0.2, 0.25) is 0 Å². The third-order valence-corrected chi connectivity index (χ3v) is 6.73. The zero-order valence-corrected chi connectivity index (χ0v) is 16.9. The van der Waals surface area contributed by atoms with E-state index < -0.39 is 0 Å². The molecule has 0 amide bonds. The van der Waals surface area contributed by atoms with E-state index in [2.05, 4.69) is 17.1 Å². The Morgan fingerprint density at radius 3 is 2.84 bits per heavy atom. The lowest BCUT2D eigenvalue weighted by Gasteiger charge is -2.35. The lowest BCUT2D eigenvalue weighted by Crippen LogP contribution is -2.44. The van der Waals surface area contributed by atoms with Gasteiger partial charge in [0.05, 0.1) is 12.2 Å². The van der Waals surface area contributed by atoms with Crippen molar-refractivity contribution < 1.29 is 9.53 Å². The van der Waals surface area contributed by atoms with E-state index >= 15 is 0 Å². The summed E-state index contributed by atoms with van der Waals surface area (Å²) in [5, 5.41) is 5.03. The molecular weight excluding hydrogens is 352 g/mol. The van der Waals surface area contributed by atoms with Gasteiger partial charge >= 0.3 is 5.97 Å². The molecule has 1 saturated heterocycles. The number of esters is 1. The number of thiocarbonyl (C=S) groups is 1. The van der Waals surface area contributed by atoms with Crippen LogP contribution >= 0.6 is 23.6 Å². The highest BCUT2D eigenvalue weighted by Crippen LogP contribution is 2.38. The van der Waals surface area contributed by atoms with Crippen LogP contribution in [0, 0.1) is 0 Å². The molecule has 2 aliphatic rings. The average molecular weight is 381 g/mol. The summed E-state index contributed by atoms with van der Waals surface area (Å²) in [6.45, 7) is 5.47. The SMILES string of the molecule is CCOC(=O)c1c(NC(=S)N2CCCC[C@H]2C)sc2c1CCCCC2. The molecule has 0 bridgehead atoms. The summed E-state index contributed by atoms with van der Waals surface area (Å²) in [7, 11) is 0. The van der Waals surface area contributed by atoms with Crippen molar-refractivity contribution in [2.24, 2.45) is 0 Å². The van der Waals surface area contributed by atoms with Gasteiger partial charge in [0.15, 0.2) is 5.11 Å². The fraction of sp³-hybridized carbons (Fsp3) is 0.684. The first kappa shape index (κ1) is 18.6. The molecule has 25 heavy (non-hydrogen) atoms. The van der Waals surface area contributed by atoms with Crippen molar-refractivity contribution in [1.29, 1.82) is 0 Å². The Balaban J connectivity index is 1.86. The lowest BCUT2D eigenvalue weighted by molar-refractivity contribution is 0.0527. The molecule has 0 unspecified atom stereocenters. The summed E-state index contributed by atoms with van der Waals surface area (Å²) >= 11 is 7.38. The average Bonchev–Trinajstić information content (AvgIpc) is 2.76. The van der Waals surface area contributed by atoms with Crippen LogP contribution in [0.25, 0.3) is 0 Å². The molecule has 0 radical (unpaired) electrons. The molecule has 1 N–H and O–H groups in total. The summed E-state index contributed by atoms with van der Waals surface area (Å²) in [5.41, 5.74) is 1.92. The maximum atomic E-state index is 12.6. The second-order valence-corrected chi connectivity index (χ2v) is 8.45. The number of hydrogen-bond acceptors (Lipinski definition) is 4. The highest BCUT2D eigenvalue weighted by atomic mass is 32.1. The van der Waals surface area contributed by atoms with E-state index in [1.54, 1.807) is 11.3 Å². The number of carbonyl (C=O) groups is 1. The van der Waals surface area contributed by atoms with Gasteiger partial charge in [0.1, 0.15) is 5.00 Å². The largest absolute Gasteiger partial charge is 0.462 e. The minimum Gasteiger partial charge on any atom is -0.462 e. The quantitative estimate of drug-likeness (QED) is 0.465. The number of ether oxygens (including phenoxy) is 1. The molecule has 1 aromatic rings. The van der Waals surface area contributed by atoms with E-state index in [1.165, 1.54) is 42.5 Å². The molecular formula is C19H28N2O2S2. The lowest BCUT2D eigenvalue weighted by atomic mass is 10.0. The monoisotopic (exact) mass is 380 g/mol. The molecule has 0 spiro atoms. The van der Waals surface area contributed by atoms with Gasteiger partial charge < -0.3 is 15.0 Å². The van der Waals surface area contributed by atoms with Gasteiger partial charge in [-0.1, -0.05) is 6.42 Å². The van der Waals surface area contributed by atoms with E-state index in [9.17, 15) is 4.79 Å². The predicted molar refractivity (Wildman–Crippen MR) is 108 cm³/mol. The molecule has 0 saturated carbocycles.